The SMILES string of the molecule is CC(C)(C)NCC(=O)NCc1ccc(C(=O)O)nc1. The van der Waals surface area contributed by atoms with Crippen molar-refractivity contribution in [3.05, 3.63) is 29.6 Å². The molecule has 0 aliphatic rings. The molecule has 0 aliphatic carbocycles. The second kappa shape index (κ2) is 6.29. The van der Waals surface area contributed by atoms with E-state index in [1.165, 1.54) is 12.3 Å². The zero-order valence-electron chi connectivity index (χ0n) is 11.4. The predicted octanol–water partition coefficient (Wildman–Crippen LogP) is 0.784. The first-order chi connectivity index (χ1) is 8.78. The number of carbonyl (C=O) groups is 2. The molecule has 0 bridgehead atoms. The van der Waals surface area contributed by atoms with E-state index in [1.54, 1.807) is 6.07 Å². The van der Waals surface area contributed by atoms with Crippen molar-refractivity contribution in [2.24, 2.45) is 0 Å². The molecule has 0 spiro atoms. The van der Waals surface area contributed by atoms with Crippen molar-refractivity contribution in [2.45, 2.75) is 32.9 Å². The lowest BCUT2D eigenvalue weighted by molar-refractivity contribution is -0.120. The third-order valence-corrected chi connectivity index (χ3v) is 2.31. The van der Waals surface area contributed by atoms with E-state index in [1.807, 2.05) is 20.8 Å². The first-order valence-corrected chi connectivity index (χ1v) is 5.98. The van der Waals surface area contributed by atoms with Gasteiger partial charge in [0.1, 0.15) is 5.69 Å². The lowest BCUT2D eigenvalue weighted by atomic mass is 10.1. The first kappa shape index (κ1) is 15.1. The number of nitrogens with zero attached hydrogens (tertiary/aromatic N) is 1. The Kier molecular flexibility index (Phi) is 5.00. The highest BCUT2D eigenvalue weighted by Gasteiger charge is 2.11. The first-order valence-electron chi connectivity index (χ1n) is 5.98. The smallest absolute Gasteiger partial charge is 0.354 e. The number of aromatic carboxylic acids is 1. The van der Waals surface area contributed by atoms with Crippen LogP contribution in [0.4, 0.5) is 0 Å². The van der Waals surface area contributed by atoms with Gasteiger partial charge in [-0.3, -0.25) is 4.79 Å². The van der Waals surface area contributed by atoms with Gasteiger partial charge in [0.05, 0.1) is 6.54 Å². The normalized spacial score (nSPS) is 11.1. The van der Waals surface area contributed by atoms with Gasteiger partial charge in [0.2, 0.25) is 5.91 Å². The van der Waals surface area contributed by atoms with Crippen LogP contribution in [0.1, 0.15) is 36.8 Å². The zero-order valence-corrected chi connectivity index (χ0v) is 11.4. The number of carboxylic acids is 1. The van der Waals surface area contributed by atoms with Crippen LogP contribution in [0.25, 0.3) is 0 Å². The predicted molar refractivity (Wildman–Crippen MR) is 70.8 cm³/mol. The summed E-state index contributed by atoms with van der Waals surface area (Å²) in [6.45, 7) is 6.51. The number of amides is 1. The second-order valence-electron chi connectivity index (χ2n) is 5.24. The van der Waals surface area contributed by atoms with Gasteiger partial charge in [-0.05, 0) is 32.4 Å². The summed E-state index contributed by atoms with van der Waals surface area (Å²) in [7, 11) is 0. The molecule has 104 valence electrons. The Morgan fingerprint density at radius 3 is 2.47 bits per heavy atom. The summed E-state index contributed by atoms with van der Waals surface area (Å²) in [6.07, 6.45) is 1.45. The monoisotopic (exact) mass is 265 g/mol. The van der Waals surface area contributed by atoms with E-state index >= 15 is 0 Å². The minimum absolute atomic E-state index is 0.00974. The summed E-state index contributed by atoms with van der Waals surface area (Å²) in [6, 6.07) is 3.05. The molecule has 0 unspecified atom stereocenters. The van der Waals surface area contributed by atoms with Gasteiger partial charge in [-0.15, -0.1) is 0 Å². The van der Waals surface area contributed by atoms with Gasteiger partial charge in [0.25, 0.3) is 0 Å². The highest BCUT2D eigenvalue weighted by atomic mass is 16.4. The molecular weight excluding hydrogens is 246 g/mol. The van der Waals surface area contributed by atoms with Crippen LogP contribution in [0.3, 0.4) is 0 Å². The Morgan fingerprint density at radius 2 is 2.00 bits per heavy atom. The Bertz CT molecular complexity index is 449. The molecule has 6 heteroatoms. The van der Waals surface area contributed by atoms with E-state index in [0.29, 0.717) is 6.54 Å². The summed E-state index contributed by atoms with van der Waals surface area (Å²) in [5, 5.41) is 14.5. The topological polar surface area (TPSA) is 91.3 Å². The van der Waals surface area contributed by atoms with Gasteiger partial charge < -0.3 is 15.7 Å². The molecule has 0 saturated heterocycles. The number of nitrogens with one attached hydrogen (secondary N) is 2. The molecule has 1 amide bonds. The molecule has 1 heterocycles. The van der Waals surface area contributed by atoms with E-state index < -0.39 is 5.97 Å². The summed E-state index contributed by atoms with van der Waals surface area (Å²) in [4.78, 5) is 25.9. The summed E-state index contributed by atoms with van der Waals surface area (Å²) < 4.78 is 0. The fourth-order valence-corrected chi connectivity index (χ4v) is 1.26. The number of rotatable bonds is 5. The van der Waals surface area contributed by atoms with Crippen molar-refractivity contribution in [2.75, 3.05) is 6.54 Å². The van der Waals surface area contributed by atoms with Gasteiger partial charge >= 0.3 is 5.97 Å². The lowest BCUT2D eigenvalue weighted by Crippen LogP contribution is -2.43. The van der Waals surface area contributed by atoms with Crippen molar-refractivity contribution in [1.82, 2.24) is 15.6 Å². The lowest BCUT2D eigenvalue weighted by Gasteiger charge is -2.19. The quantitative estimate of drug-likeness (QED) is 0.732. The molecule has 0 aromatic carbocycles. The van der Waals surface area contributed by atoms with E-state index in [9.17, 15) is 9.59 Å². The molecule has 3 N–H and O–H groups in total. The minimum atomic E-state index is -1.06. The van der Waals surface area contributed by atoms with Crippen LogP contribution in [0.15, 0.2) is 18.3 Å². The number of hydrogen-bond donors (Lipinski definition) is 3. The van der Waals surface area contributed by atoms with Crippen LogP contribution in [-0.2, 0) is 11.3 Å². The largest absolute Gasteiger partial charge is 0.477 e. The Morgan fingerprint density at radius 1 is 1.32 bits per heavy atom. The third-order valence-electron chi connectivity index (χ3n) is 2.31. The maximum atomic E-state index is 11.6. The molecule has 1 rings (SSSR count). The molecule has 0 fully saturated rings. The van der Waals surface area contributed by atoms with E-state index in [4.69, 9.17) is 5.11 Å². The van der Waals surface area contributed by atoms with Crippen molar-refractivity contribution in [1.29, 1.82) is 0 Å². The van der Waals surface area contributed by atoms with Crippen molar-refractivity contribution < 1.29 is 14.7 Å². The van der Waals surface area contributed by atoms with Crippen LogP contribution in [0.2, 0.25) is 0 Å². The minimum Gasteiger partial charge on any atom is -0.477 e. The molecule has 1 aromatic rings. The van der Waals surface area contributed by atoms with E-state index in [-0.39, 0.29) is 23.7 Å². The maximum absolute atomic E-state index is 11.6. The fourth-order valence-electron chi connectivity index (χ4n) is 1.26. The third kappa shape index (κ3) is 5.96. The van der Waals surface area contributed by atoms with Gasteiger partial charge in [-0.1, -0.05) is 6.07 Å². The van der Waals surface area contributed by atoms with Gasteiger partial charge in [0.15, 0.2) is 0 Å². The molecule has 1 aromatic heterocycles. The molecule has 0 saturated carbocycles. The van der Waals surface area contributed by atoms with Crippen LogP contribution >= 0.6 is 0 Å². The summed E-state index contributed by atoms with van der Waals surface area (Å²) in [5.74, 6) is -1.18. The summed E-state index contributed by atoms with van der Waals surface area (Å²) >= 11 is 0. The molecule has 6 nitrogen and oxygen atoms in total. The Hall–Kier alpha value is -1.95. The van der Waals surface area contributed by atoms with Crippen molar-refractivity contribution in [3.63, 3.8) is 0 Å². The van der Waals surface area contributed by atoms with Crippen LogP contribution in [-0.4, -0.2) is 34.1 Å². The molecule has 0 radical (unpaired) electrons. The molecular formula is C13H19N3O3. The maximum Gasteiger partial charge on any atom is 0.354 e. The standard InChI is InChI=1S/C13H19N3O3/c1-13(2,3)16-8-11(17)15-7-9-4-5-10(12(18)19)14-6-9/h4-6,16H,7-8H2,1-3H3,(H,15,17)(H,18,19). The second-order valence-corrected chi connectivity index (χ2v) is 5.24. The fraction of sp³-hybridized carbons (Fsp3) is 0.462. The van der Waals surface area contributed by atoms with Crippen LogP contribution in [0.5, 0.6) is 0 Å². The zero-order chi connectivity index (χ0) is 14.5. The molecule has 19 heavy (non-hydrogen) atoms. The van der Waals surface area contributed by atoms with E-state index in [2.05, 4.69) is 15.6 Å². The van der Waals surface area contributed by atoms with Gasteiger partial charge in [0, 0.05) is 18.3 Å². The van der Waals surface area contributed by atoms with Crippen LogP contribution < -0.4 is 10.6 Å². The Labute approximate surface area is 112 Å². The average molecular weight is 265 g/mol. The van der Waals surface area contributed by atoms with Crippen molar-refractivity contribution >= 4 is 11.9 Å². The van der Waals surface area contributed by atoms with Gasteiger partial charge in [-0.25, -0.2) is 9.78 Å². The summed E-state index contributed by atoms with van der Waals surface area (Å²) in [5.41, 5.74) is 0.640. The highest BCUT2D eigenvalue weighted by molar-refractivity contribution is 5.85. The highest BCUT2D eigenvalue weighted by Crippen LogP contribution is 2.00. The average Bonchev–Trinajstić information content (AvgIpc) is 2.33. The number of carbonyl (C=O) groups excluding carboxylic acids is 1. The van der Waals surface area contributed by atoms with Gasteiger partial charge in [-0.2, -0.15) is 0 Å². The molecule has 0 aliphatic heterocycles. The number of carboxylic acid groups (broad SMARTS) is 1. The number of hydrogen-bond acceptors (Lipinski definition) is 4. The molecule has 0 atom stereocenters. The van der Waals surface area contributed by atoms with Crippen LogP contribution in [0, 0.1) is 0 Å². The number of pyridine rings is 1. The van der Waals surface area contributed by atoms with Crippen molar-refractivity contribution in [3.8, 4) is 0 Å². The number of aromatic nitrogens is 1. The Balaban J connectivity index is 2.40. The van der Waals surface area contributed by atoms with E-state index in [0.717, 1.165) is 5.56 Å².